The number of carbonyl (C=O) groups excluding carboxylic acids is 2. The minimum Gasteiger partial charge on any atom is -0.506 e. The first-order chi connectivity index (χ1) is 16.6. The van der Waals surface area contributed by atoms with Crippen molar-refractivity contribution in [1.29, 1.82) is 0 Å². The van der Waals surface area contributed by atoms with E-state index in [1.165, 1.54) is 30.6 Å². The molecule has 1 aromatic heterocycles. The number of nitrogens with zero attached hydrogens (tertiary/aromatic N) is 3. The van der Waals surface area contributed by atoms with Crippen LogP contribution in [0.5, 0.6) is 5.75 Å². The molecule has 3 aromatic rings. The molecule has 0 saturated carbocycles. The summed E-state index contributed by atoms with van der Waals surface area (Å²) in [6.45, 7) is 1.93. The molecule has 0 radical (unpaired) electrons. The number of benzene rings is 2. The third-order valence-electron chi connectivity index (χ3n) is 5.59. The van der Waals surface area contributed by atoms with Crippen LogP contribution in [-0.4, -0.2) is 67.7 Å². The quantitative estimate of drug-likeness (QED) is 0.554. The van der Waals surface area contributed by atoms with Crippen LogP contribution in [0.25, 0.3) is 11.1 Å². The molecule has 2 N–H and O–H groups in total. The van der Waals surface area contributed by atoms with Crippen molar-refractivity contribution in [1.82, 2.24) is 14.6 Å². The second-order valence-corrected chi connectivity index (χ2v) is 9.90. The number of hydrogen-bond donors (Lipinski definition) is 2. The van der Waals surface area contributed by atoms with Gasteiger partial charge in [0.15, 0.2) is 0 Å². The molecule has 1 aliphatic rings. The van der Waals surface area contributed by atoms with E-state index in [1.54, 1.807) is 35.2 Å². The normalized spacial score (nSPS) is 14.0. The minimum atomic E-state index is -3.64. The van der Waals surface area contributed by atoms with Gasteiger partial charge in [0.1, 0.15) is 11.6 Å². The van der Waals surface area contributed by atoms with Crippen molar-refractivity contribution in [2.75, 3.05) is 37.3 Å². The van der Waals surface area contributed by atoms with E-state index >= 15 is 0 Å². The van der Waals surface area contributed by atoms with Crippen LogP contribution >= 0.6 is 0 Å². The standard InChI is InChI=1S/C24H23FN4O5S/c1-35(33,34)27-23(31)16-2-5-19(6-3-16)28-8-10-29(11-9-28)24(32)17-4-7-21(22(25)13-17)18-12-20(30)15-26-14-18/h2-7,12-15,30H,8-11H2,1H3,(H,27,31). The lowest BCUT2D eigenvalue weighted by molar-refractivity contribution is 0.0746. The molecule has 0 bridgehead atoms. The summed E-state index contributed by atoms with van der Waals surface area (Å²) in [5.74, 6) is -1.64. The molecule has 2 heterocycles. The first-order valence-corrected chi connectivity index (χ1v) is 12.6. The maximum absolute atomic E-state index is 14.7. The maximum Gasteiger partial charge on any atom is 0.264 e. The van der Waals surface area contributed by atoms with E-state index in [0.29, 0.717) is 31.7 Å². The lowest BCUT2D eigenvalue weighted by Crippen LogP contribution is -2.48. The molecule has 0 unspecified atom stereocenters. The highest BCUT2D eigenvalue weighted by atomic mass is 32.2. The Labute approximate surface area is 201 Å². The van der Waals surface area contributed by atoms with Gasteiger partial charge in [0, 0.05) is 60.3 Å². The van der Waals surface area contributed by atoms with Gasteiger partial charge in [-0.3, -0.25) is 14.6 Å². The van der Waals surface area contributed by atoms with Crippen molar-refractivity contribution in [3.63, 3.8) is 0 Å². The van der Waals surface area contributed by atoms with E-state index in [0.717, 1.165) is 11.9 Å². The van der Waals surface area contributed by atoms with Crippen LogP contribution < -0.4 is 9.62 Å². The van der Waals surface area contributed by atoms with Gasteiger partial charge < -0.3 is 14.9 Å². The predicted octanol–water partition coefficient (Wildman–Crippen LogP) is 2.25. The van der Waals surface area contributed by atoms with Crippen LogP contribution in [0.15, 0.2) is 60.9 Å². The zero-order chi connectivity index (χ0) is 25.2. The van der Waals surface area contributed by atoms with Gasteiger partial charge in [0.25, 0.3) is 11.8 Å². The van der Waals surface area contributed by atoms with Crippen LogP contribution in [0.2, 0.25) is 0 Å². The van der Waals surface area contributed by atoms with Gasteiger partial charge in [-0.1, -0.05) is 6.07 Å². The highest BCUT2D eigenvalue weighted by molar-refractivity contribution is 7.89. The number of rotatable bonds is 5. The largest absolute Gasteiger partial charge is 0.506 e. The average molecular weight is 499 g/mol. The Hall–Kier alpha value is -3.99. The van der Waals surface area contributed by atoms with Crippen molar-refractivity contribution < 1.29 is 27.5 Å². The number of anilines is 1. The number of halogens is 1. The molecule has 2 amide bonds. The summed E-state index contributed by atoms with van der Waals surface area (Å²) in [6.07, 6.45) is 3.60. The minimum absolute atomic E-state index is 0.0771. The third-order valence-corrected chi connectivity index (χ3v) is 6.15. The van der Waals surface area contributed by atoms with E-state index in [4.69, 9.17) is 0 Å². The highest BCUT2D eigenvalue weighted by Gasteiger charge is 2.23. The summed E-state index contributed by atoms with van der Waals surface area (Å²) in [6, 6.07) is 12.2. The van der Waals surface area contributed by atoms with Crippen LogP contribution in [0.1, 0.15) is 20.7 Å². The van der Waals surface area contributed by atoms with Gasteiger partial charge >= 0.3 is 0 Å². The Bertz CT molecular complexity index is 1370. The van der Waals surface area contributed by atoms with Crippen molar-refractivity contribution in [3.8, 4) is 16.9 Å². The molecule has 182 valence electrons. The molecule has 0 atom stereocenters. The number of hydrogen-bond acceptors (Lipinski definition) is 7. The number of pyridine rings is 1. The summed E-state index contributed by atoms with van der Waals surface area (Å²) >= 11 is 0. The van der Waals surface area contributed by atoms with Gasteiger partial charge in [0.05, 0.1) is 12.5 Å². The zero-order valence-corrected chi connectivity index (χ0v) is 19.6. The summed E-state index contributed by atoms with van der Waals surface area (Å²) in [5, 5.41) is 9.57. The Morgan fingerprint density at radius 1 is 0.971 bits per heavy atom. The highest BCUT2D eigenvalue weighted by Crippen LogP contribution is 2.26. The molecule has 0 spiro atoms. The fourth-order valence-corrected chi connectivity index (χ4v) is 4.31. The molecule has 1 fully saturated rings. The van der Waals surface area contributed by atoms with Crippen LogP contribution in [0.3, 0.4) is 0 Å². The summed E-state index contributed by atoms with van der Waals surface area (Å²) in [7, 11) is -3.64. The first-order valence-electron chi connectivity index (χ1n) is 10.7. The molecule has 1 aliphatic heterocycles. The van der Waals surface area contributed by atoms with Gasteiger partial charge in [-0.15, -0.1) is 0 Å². The average Bonchev–Trinajstić information content (AvgIpc) is 2.82. The van der Waals surface area contributed by atoms with Gasteiger partial charge in [-0.2, -0.15) is 0 Å². The molecule has 2 aromatic carbocycles. The molecule has 9 nitrogen and oxygen atoms in total. The van der Waals surface area contributed by atoms with Crippen LogP contribution in [0.4, 0.5) is 10.1 Å². The number of amides is 2. The molecule has 4 rings (SSSR count). The van der Waals surface area contributed by atoms with Gasteiger partial charge in [-0.05, 0) is 42.5 Å². The molecule has 11 heteroatoms. The fourth-order valence-electron chi connectivity index (χ4n) is 3.86. The van der Waals surface area contributed by atoms with E-state index in [-0.39, 0.29) is 28.3 Å². The second-order valence-electron chi connectivity index (χ2n) is 8.16. The third kappa shape index (κ3) is 5.75. The van der Waals surface area contributed by atoms with Crippen molar-refractivity contribution in [2.45, 2.75) is 0 Å². The predicted molar refractivity (Wildman–Crippen MR) is 128 cm³/mol. The molecule has 35 heavy (non-hydrogen) atoms. The SMILES string of the molecule is CS(=O)(=O)NC(=O)c1ccc(N2CCN(C(=O)c3ccc(-c4cncc(O)c4)c(F)c3)CC2)cc1. The molecular weight excluding hydrogens is 475 g/mol. The Balaban J connectivity index is 1.38. The number of piperazine rings is 1. The first kappa shape index (κ1) is 24.1. The summed E-state index contributed by atoms with van der Waals surface area (Å²) < 4.78 is 39.1. The number of carbonyl (C=O) groups is 2. The number of nitrogens with one attached hydrogen (secondary N) is 1. The summed E-state index contributed by atoms with van der Waals surface area (Å²) in [4.78, 5) is 32.4. The van der Waals surface area contributed by atoms with E-state index in [1.807, 2.05) is 9.62 Å². The topological polar surface area (TPSA) is 120 Å². The summed E-state index contributed by atoms with van der Waals surface area (Å²) in [5.41, 5.74) is 1.94. The Morgan fingerprint density at radius 3 is 2.23 bits per heavy atom. The van der Waals surface area contributed by atoms with Crippen molar-refractivity contribution in [3.05, 3.63) is 77.9 Å². The van der Waals surface area contributed by atoms with Crippen molar-refractivity contribution in [2.24, 2.45) is 0 Å². The monoisotopic (exact) mass is 498 g/mol. The molecule has 1 saturated heterocycles. The second kappa shape index (κ2) is 9.71. The van der Waals surface area contributed by atoms with Crippen molar-refractivity contribution >= 4 is 27.5 Å². The van der Waals surface area contributed by atoms with E-state index in [2.05, 4.69) is 4.98 Å². The molecule has 0 aliphatic carbocycles. The lowest BCUT2D eigenvalue weighted by atomic mass is 10.0. The van der Waals surface area contributed by atoms with E-state index < -0.39 is 21.7 Å². The fraction of sp³-hybridized carbons (Fsp3) is 0.208. The van der Waals surface area contributed by atoms with Crippen LogP contribution in [-0.2, 0) is 10.0 Å². The molecular formula is C24H23FN4O5S. The van der Waals surface area contributed by atoms with E-state index in [9.17, 15) is 27.5 Å². The number of sulfonamides is 1. The maximum atomic E-state index is 14.7. The Kier molecular flexibility index (Phi) is 6.70. The number of aromatic nitrogens is 1. The van der Waals surface area contributed by atoms with Gasteiger partial charge in [0.2, 0.25) is 10.0 Å². The lowest BCUT2D eigenvalue weighted by Gasteiger charge is -2.36. The Morgan fingerprint density at radius 2 is 1.63 bits per heavy atom. The number of aromatic hydroxyl groups is 1. The zero-order valence-electron chi connectivity index (χ0n) is 18.8. The smallest absolute Gasteiger partial charge is 0.264 e. The van der Waals surface area contributed by atoms with Gasteiger partial charge in [-0.25, -0.2) is 17.5 Å². The van der Waals surface area contributed by atoms with Crippen LogP contribution in [0, 0.1) is 5.82 Å².